The Labute approximate surface area is 129 Å². The van der Waals surface area contributed by atoms with Crippen molar-refractivity contribution in [1.29, 1.82) is 0 Å². The fraction of sp³-hybridized carbons (Fsp3) is 0.562. The van der Waals surface area contributed by atoms with Crippen LogP contribution in [0.3, 0.4) is 0 Å². The fourth-order valence-electron chi connectivity index (χ4n) is 2.97. The van der Waals surface area contributed by atoms with Crippen LogP contribution in [0.4, 0.5) is 0 Å². The number of esters is 1. The van der Waals surface area contributed by atoms with Crippen LogP contribution in [0.15, 0.2) is 17.0 Å². The SMILES string of the molecule is O=C1CCC(CSc2c(Cl)ccc3c2CCCCC3)O1. The number of cyclic esters (lactones) is 1. The molecule has 4 heteroatoms. The third-order valence-electron chi connectivity index (χ3n) is 4.06. The van der Waals surface area contributed by atoms with Crippen molar-refractivity contribution in [2.75, 3.05) is 5.75 Å². The Kier molecular flexibility index (Phi) is 4.57. The minimum atomic E-state index is -0.0615. The lowest BCUT2D eigenvalue weighted by Crippen LogP contribution is -2.10. The number of benzene rings is 1. The van der Waals surface area contributed by atoms with Crippen LogP contribution in [0.5, 0.6) is 0 Å². The zero-order chi connectivity index (χ0) is 13.9. The van der Waals surface area contributed by atoms with Gasteiger partial charge in [0.15, 0.2) is 0 Å². The van der Waals surface area contributed by atoms with E-state index in [0.717, 1.165) is 23.6 Å². The molecule has 1 saturated heterocycles. The van der Waals surface area contributed by atoms with Crippen molar-refractivity contribution < 1.29 is 9.53 Å². The lowest BCUT2D eigenvalue weighted by atomic mass is 10.0. The molecule has 1 unspecified atom stereocenters. The summed E-state index contributed by atoms with van der Waals surface area (Å²) < 4.78 is 5.29. The van der Waals surface area contributed by atoms with Crippen LogP contribution in [-0.4, -0.2) is 17.8 Å². The molecule has 0 spiro atoms. The maximum absolute atomic E-state index is 11.2. The second-order valence-corrected chi connectivity index (χ2v) is 6.97. The van der Waals surface area contributed by atoms with E-state index in [-0.39, 0.29) is 12.1 Å². The quantitative estimate of drug-likeness (QED) is 0.470. The fourth-order valence-corrected chi connectivity index (χ4v) is 4.52. The molecule has 3 rings (SSSR count). The van der Waals surface area contributed by atoms with Crippen LogP contribution in [-0.2, 0) is 22.4 Å². The molecule has 0 radical (unpaired) electrons. The van der Waals surface area contributed by atoms with Crippen LogP contribution >= 0.6 is 23.4 Å². The molecule has 1 heterocycles. The van der Waals surface area contributed by atoms with Gasteiger partial charge in [0.1, 0.15) is 6.10 Å². The van der Waals surface area contributed by atoms with Gasteiger partial charge in [0.25, 0.3) is 0 Å². The highest BCUT2D eigenvalue weighted by atomic mass is 35.5. The summed E-state index contributed by atoms with van der Waals surface area (Å²) >= 11 is 8.16. The molecule has 1 aliphatic carbocycles. The van der Waals surface area contributed by atoms with Gasteiger partial charge >= 0.3 is 5.97 Å². The van der Waals surface area contributed by atoms with Crippen molar-refractivity contribution in [3.05, 3.63) is 28.3 Å². The highest BCUT2D eigenvalue weighted by molar-refractivity contribution is 7.99. The molecular weight excluding hydrogens is 292 g/mol. The number of hydrogen-bond donors (Lipinski definition) is 0. The van der Waals surface area contributed by atoms with Gasteiger partial charge in [0.2, 0.25) is 0 Å². The van der Waals surface area contributed by atoms with Gasteiger partial charge in [-0.15, -0.1) is 11.8 Å². The van der Waals surface area contributed by atoms with E-state index in [1.54, 1.807) is 11.8 Å². The summed E-state index contributed by atoms with van der Waals surface area (Å²) in [6, 6.07) is 4.21. The second kappa shape index (κ2) is 6.40. The average molecular weight is 311 g/mol. The van der Waals surface area contributed by atoms with Crippen LogP contribution < -0.4 is 0 Å². The van der Waals surface area contributed by atoms with E-state index >= 15 is 0 Å². The lowest BCUT2D eigenvalue weighted by Gasteiger charge is -2.15. The van der Waals surface area contributed by atoms with Crippen molar-refractivity contribution in [2.24, 2.45) is 0 Å². The van der Waals surface area contributed by atoms with E-state index in [4.69, 9.17) is 16.3 Å². The third-order valence-corrected chi connectivity index (χ3v) is 5.78. The van der Waals surface area contributed by atoms with Gasteiger partial charge in [0.05, 0.1) is 5.02 Å². The van der Waals surface area contributed by atoms with Gasteiger partial charge in [-0.3, -0.25) is 4.79 Å². The molecule has 20 heavy (non-hydrogen) atoms. The first kappa shape index (κ1) is 14.3. The molecule has 1 aromatic carbocycles. The maximum atomic E-state index is 11.2. The van der Waals surface area contributed by atoms with Crippen molar-refractivity contribution >= 4 is 29.3 Å². The Bertz CT molecular complexity index is 515. The summed E-state index contributed by atoms with van der Waals surface area (Å²) in [6.45, 7) is 0. The minimum absolute atomic E-state index is 0.0604. The molecular formula is C16H19ClO2S. The minimum Gasteiger partial charge on any atom is -0.461 e. The molecule has 1 atom stereocenters. The van der Waals surface area contributed by atoms with Crippen molar-refractivity contribution in [3.8, 4) is 0 Å². The number of carbonyl (C=O) groups is 1. The zero-order valence-electron chi connectivity index (χ0n) is 11.5. The number of aryl methyl sites for hydroxylation is 1. The Morgan fingerprint density at radius 1 is 1.20 bits per heavy atom. The molecule has 2 nitrogen and oxygen atoms in total. The topological polar surface area (TPSA) is 26.3 Å². The van der Waals surface area contributed by atoms with Gasteiger partial charge in [0, 0.05) is 17.1 Å². The first-order valence-corrected chi connectivity index (χ1v) is 8.73. The summed E-state index contributed by atoms with van der Waals surface area (Å²) in [7, 11) is 0. The summed E-state index contributed by atoms with van der Waals surface area (Å²) in [5, 5.41) is 0.847. The van der Waals surface area contributed by atoms with Crippen LogP contribution in [0.2, 0.25) is 5.02 Å². The smallest absolute Gasteiger partial charge is 0.306 e. The summed E-state index contributed by atoms with van der Waals surface area (Å²) in [4.78, 5) is 12.4. The van der Waals surface area contributed by atoms with Crippen molar-refractivity contribution in [2.45, 2.75) is 55.9 Å². The monoisotopic (exact) mass is 310 g/mol. The van der Waals surface area contributed by atoms with Gasteiger partial charge in [-0.2, -0.15) is 0 Å². The number of ether oxygens (including phenoxy) is 1. The zero-order valence-corrected chi connectivity index (χ0v) is 13.1. The number of carbonyl (C=O) groups excluding carboxylic acids is 1. The predicted octanol–water partition coefficient (Wildman–Crippen LogP) is 4.41. The summed E-state index contributed by atoms with van der Waals surface area (Å²) in [5.74, 6) is 0.760. The van der Waals surface area contributed by atoms with E-state index in [1.165, 1.54) is 41.7 Å². The highest BCUT2D eigenvalue weighted by Gasteiger charge is 2.24. The van der Waals surface area contributed by atoms with Gasteiger partial charge in [-0.05, 0) is 49.3 Å². The third kappa shape index (κ3) is 3.15. The molecule has 108 valence electrons. The summed E-state index contributed by atoms with van der Waals surface area (Å²) in [5.41, 5.74) is 2.89. The second-order valence-electron chi connectivity index (χ2n) is 5.54. The van der Waals surface area contributed by atoms with Gasteiger partial charge in [-0.1, -0.05) is 24.1 Å². The first-order chi connectivity index (χ1) is 9.74. The normalized spacial score (nSPS) is 22.2. The largest absolute Gasteiger partial charge is 0.461 e. The Morgan fingerprint density at radius 3 is 2.85 bits per heavy atom. The number of hydrogen-bond acceptors (Lipinski definition) is 3. The molecule has 1 aliphatic heterocycles. The van der Waals surface area contributed by atoms with Crippen molar-refractivity contribution in [1.82, 2.24) is 0 Å². The highest BCUT2D eigenvalue weighted by Crippen LogP contribution is 2.37. The van der Waals surface area contributed by atoms with Crippen molar-refractivity contribution in [3.63, 3.8) is 0 Å². The number of thioether (sulfide) groups is 1. The number of fused-ring (bicyclic) bond motifs is 1. The first-order valence-electron chi connectivity index (χ1n) is 7.36. The maximum Gasteiger partial charge on any atom is 0.306 e. The van der Waals surface area contributed by atoms with E-state index in [9.17, 15) is 4.79 Å². The molecule has 2 aliphatic rings. The molecule has 0 saturated carbocycles. The van der Waals surface area contributed by atoms with Crippen LogP contribution in [0.1, 0.15) is 43.2 Å². The van der Waals surface area contributed by atoms with E-state index in [0.29, 0.717) is 6.42 Å². The van der Waals surface area contributed by atoms with E-state index in [2.05, 4.69) is 6.07 Å². The van der Waals surface area contributed by atoms with E-state index < -0.39 is 0 Å². The number of halogens is 1. The number of rotatable bonds is 3. The Hall–Kier alpha value is -0.670. The van der Waals surface area contributed by atoms with Gasteiger partial charge < -0.3 is 4.74 Å². The van der Waals surface area contributed by atoms with Crippen LogP contribution in [0.25, 0.3) is 0 Å². The molecule has 0 N–H and O–H groups in total. The Morgan fingerprint density at radius 2 is 2.05 bits per heavy atom. The lowest BCUT2D eigenvalue weighted by molar-refractivity contribution is -0.140. The molecule has 0 bridgehead atoms. The standard InChI is InChI=1S/C16H19ClO2S/c17-14-8-6-11-4-2-1-3-5-13(11)16(14)20-10-12-7-9-15(18)19-12/h6,8,12H,1-5,7,9-10H2. The summed E-state index contributed by atoms with van der Waals surface area (Å²) in [6.07, 6.45) is 7.59. The van der Waals surface area contributed by atoms with Crippen LogP contribution in [0, 0.1) is 0 Å². The van der Waals surface area contributed by atoms with Gasteiger partial charge in [-0.25, -0.2) is 0 Å². The molecule has 0 amide bonds. The van der Waals surface area contributed by atoms with E-state index in [1.807, 2.05) is 6.07 Å². The molecule has 1 fully saturated rings. The predicted molar refractivity (Wildman–Crippen MR) is 82.5 cm³/mol. The molecule has 0 aromatic heterocycles. The Balaban J connectivity index is 1.76. The average Bonchev–Trinajstić information content (AvgIpc) is 2.71. The molecule has 1 aromatic rings.